The highest BCUT2D eigenvalue weighted by molar-refractivity contribution is 7.45. The van der Waals surface area contributed by atoms with Gasteiger partial charge in [-0.25, -0.2) is 0 Å². The predicted octanol–water partition coefficient (Wildman–Crippen LogP) is 6.04. The molecule has 0 saturated carbocycles. The van der Waals surface area contributed by atoms with Crippen LogP contribution in [0.1, 0.15) is 110 Å². The average Bonchev–Trinajstić information content (AvgIpc) is 2.86. The quantitative estimate of drug-likeness (QED) is 0.0564. The van der Waals surface area contributed by atoms with Crippen molar-refractivity contribution in [1.82, 2.24) is 5.32 Å². The summed E-state index contributed by atoms with van der Waals surface area (Å²) < 4.78 is 22.8. The fraction of sp³-hybridized carbons (Fsp3) is 0.833. The summed E-state index contributed by atoms with van der Waals surface area (Å²) in [6.45, 7) is 4.46. The second-order valence-corrected chi connectivity index (χ2v) is 12.9. The lowest BCUT2D eigenvalue weighted by molar-refractivity contribution is -0.870. The first kappa shape index (κ1) is 38.0. The molecule has 230 valence electrons. The van der Waals surface area contributed by atoms with Crippen LogP contribution in [0.25, 0.3) is 0 Å². The van der Waals surface area contributed by atoms with Crippen molar-refractivity contribution in [3.63, 3.8) is 0 Å². The third-order valence-corrected chi connectivity index (χ3v) is 7.37. The topological polar surface area (TPSA) is 108 Å². The number of likely N-dealkylation sites (N-methyl/N-ethyl adjacent to an activating group) is 1. The van der Waals surface area contributed by atoms with Crippen LogP contribution in [0.3, 0.4) is 0 Å². The van der Waals surface area contributed by atoms with Crippen LogP contribution < -0.4 is 10.2 Å². The molecule has 8 nitrogen and oxygen atoms in total. The van der Waals surface area contributed by atoms with Gasteiger partial charge in [-0.1, -0.05) is 89.5 Å². The molecule has 1 amide bonds. The Hall–Kier alpha value is -1.02. The van der Waals surface area contributed by atoms with Gasteiger partial charge < -0.3 is 28.8 Å². The van der Waals surface area contributed by atoms with Crippen molar-refractivity contribution in [3.05, 3.63) is 24.3 Å². The molecular formula is C30H59N2O6P. The van der Waals surface area contributed by atoms with Crippen LogP contribution in [0.15, 0.2) is 24.3 Å². The number of amides is 1. The van der Waals surface area contributed by atoms with Gasteiger partial charge >= 0.3 is 0 Å². The van der Waals surface area contributed by atoms with Gasteiger partial charge in [0.25, 0.3) is 7.82 Å². The van der Waals surface area contributed by atoms with Crippen molar-refractivity contribution in [3.8, 4) is 0 Å². The van der Waals surface area contributed by atoms with Crippen molar-refractivity contribution in [1.29, 1.82) is 0 Å². The van der Waals surface area contributed by atoms with Gasteiger partial charge in [-0.15, -0.1) is 0 Å². The third-order valence-electron chi connectivity index (χ3n) is 6.41. The molecule has 0 aromatic rings. The van der Waals surface area contributed by atoms with Crippen molar-refractivity contribution in [2.24, 2.45) is 0 Å². The highest BCUT2D eigenvalue weighted by Crippen LogP contribution is 2.38. The number of rotatable bonds is 26. The highest BCUT2D eigenvalue weighted by atomic mass is 31.2. The van der Waals surface area contributed by atoms with Crippen molar-refractivity contribution in [2.75, 3.05) is 40.9 Å². The Labute approximate surface area is 239 Å². The molecule has 0 heterocycles. The number of unbranched alkanes of at least 4 members (excludes halogenated alkanes) is 11. The van der Waals surface area contributed by atoms with Crippen molar-refractivity contribution in [2.45, 2.75) is 122 Å². The first-order valence-electron chi connectivity index (χ1n) is 15.2. The van der Waals surface area contributed by atoms with Crippen molar-refractivity contribution < 1.29 is 32.9 Å². The first-order valence-corrected chi connectivity index (χ1v) is 16.7. The second kappa shape index (κ2) is 23.7. The van der Waals surface area contributed by atoms with Crippen LogP contribution in [0.2, 0.25) is 0 Å². The number of aliphatic hydroxyl groups excluding tert-OH is 1. The summed E-state index contributed by atoms with van der Waals surface area (Å²) in [5.74, 6) is -0.218. The number of phosphoric acid groups is 1. The molecule has 0 rings (SSSR count). The van der Waals surface area contributed by atoms with Gasteiger partial charge in [-0.2, -0.15) is 0 Å². The minimum atomic E-state index is -4.56. The summed E-state index contributed by atoms with van der Waals surface area (Å²) in [4.78, 5) is 24.8. The third kappa shape index (κ3) is 25.7. The molecule has 0 aromatic heterocycles. The molecular weight excluding hydrogens is 515 g/mol. The van der Waals surface area contributed by atoms with Gasteiger partial charge in [0.1, 0.15) is 13.2 Å². The van der Waals surface area contributed by atoms with E-state index in [0.717, 1.165) is 70.6 Å². The molecule has 0 aliphatic rings. The van der Waals surface area contributed by atoms with E-state index >= 15 is 0 Å². The lowest BCUT2D eigenvalue weighted by Crippen LogP contribution is -2.45. The van der Waals surface area contributed by atoms with E-state index in [2.05, 4.69) is 31.3 Å². The fourth-order valence-electron chi connectivity index (χ4n) is 3.83. The second-order valence-electron chi connectivity index (χ2n) is 11.5. The fourth-order valence-corrected chi connectivity index (χ4v) is 4.56. The summed E-state index contributed by atoms with van der Waals surface area (Å²) in [6.07, 6.45) is 22.5. The molecule has 9 heteroatoms. The van der Waals surface area contributed by atoms with Crippen LogP contribution in [0.5, 0.6) is 0 Å². The zero-order chi connectivity index (χ0) is 29.4. The van der Waals surface area contributed by atoms with E-state index in [1.807, 2.05) is 27.2 Å². The van der Waals surface area contributed by atoms with Crippen LogP contribution in [0, 0.1) is 0 Å². The van der Waals surface area contributed by atoms with Crippen LogP contribution in [-0.4, -0.2) is 68.5 Å². The molecule has 0 fully saturated rings. The molecule has 0 spiro atoms. The first-order chi connectivity index (χ1) is 18.5. The van der Waals surface area contributed by atoms with Crippen LogP contribution in [0.4, 0.5) is 0 Å². The van der Waals surface area contributed by atoms with E-state index in [9.17, 15) is 19.4 Å². The number of aliphatic hydroxyl groups is 1. The van der Waals surface area contributed by atoms with Gasteiger partial charge in [0, 0.05) is 6.42 Å². The maximum atomic E-state index is 12.6. The minimum absolute atomic E-state index is 0.00331. The van der Waals surface area contributed by atoms with Gasteiger partial charge in [0.15, 0.2) is 0 Å². The Morgan fingerprint density at radius 1 is 0.872 bits per heavy atom. The molecule has 3 atom stereocenters. The molecule has 0 aliphatic carbocycles. The Bertz CT molecular complexity index is 708. The number of nitrogens with one attached hydrogen (secondary N) is 1. The van der Waals surface area contributed by atoms with Gasteiger partial charge in [-0.05, 0) is 38.5 Å². The SMILES string of the molecule is CCCC/C=C\CCCCCCCC(=O)NC(COP(=O)([O-])OCC[N+](C)(C)C)C(O)/C=C/CCCCCC. The van der Waals surface area contributed by atoms with E-state index in [1.165, 1.54) is 19.3 Å². The number of hydrogen-bond donors (Lipinski definition) is 2. The summed E-state index contributed by atoms with van der Waals surface area (Å²) in [5, 5.41) is 13.5. The largest absolute Gasteiger partial charge is 0.756 e. The van der Waals surface area contributed by atoms with Gasteiger partial charge in [-0.3, -0.25) is 9.36 Å². The number of carbonyl (C=O) groups excluding carboxylic acids is 1. The Morgan fingerprint density at radius 3 is 2.08 bits per heavy atom. The van der Waals surface area contributed by atoms with E-state index in [-0.39, 0.29) is 19.1 Å². The van der Waals surface area contributed by atoms with Crippen LogP contribution in [-0.2, 0) is 18.4 Å². The smallest absolute Gasteiger partial charge is 0.268 e. The molecule has 0 saturated heterocycles. The van der Waals surface area contributed by atoms with E-state index < -0.39 is 20.0 Å². The predicted molar refractivity (Wildman–Crippen MR) is 159 cm³/mol. The Morgan fingerprint density at radius 2 is 1.44 bits per heavy atom. The lowest BCUT2D eigenvalue weighted by atomic mass is 10.1. The number of allylic oxidation sites excluding steroid dienone is 3. The normalized spacial score (nSPS) is 15.6. The minimum Gasteiger partial charge on any atom is -0.756 e. The maximum absolute atomic E-state index is 12.6. The van der Waals surface area contributed by atoms with E-state index in [0.29, 0.717) is 17.4 Å². The molecule has 0 aromatic carbocycles. The number of quaternary nitrogens is 1. The Balaban J connectivity index is 4.62. The zero-order valence-corrected chi connectivity index (χ0v) is 26.5. The number of carbonyl (C=O) groups is 1. The number of phosphoric ester groups is 1. The summed E-state index contributed by atoms with van der Waals surface area (Å²) >= 11 is 0. The molecule has 0 aliphatic heterocycles. The summed E-state index contributed by atoms with van der Waals surface area (Å²) in [7, 11) is 1.24. The van der Waals surface area contributed by atoms with E-state index in [4.69, 9.17) is 9.05 Å². The van der Waals surface area contributed by atoms with E-state index in [1.54, 1.807) is 6.08 Å². The van der Waals surface area contributed by atoms with Gasteiger partial charge in [0.05, 0.1) is 39.9 Å². The van der Waals surface area contributed by atoms with Gasteiger partial charge in [0.2, 0.25) is 5.91 Å². The zero-order valence-electron chi connectivity index (χ0n) is 25.6. The average molecular weight is 575 g/mol. The lowest BCUT2D eigenvalue weighted by Gasteiger charge is -2.29. The molecule has 39 heavy (non-hydrogen) atoms. The van der Waals surface area contributed by atoms with Crippen LogP contribution >= 0.6 is 7.82 Å². The molecule has 2 N–H and O–H groups in total. The number of hydrogen-bond acceptors (Lipinski definition) is 6. The molecule has 3 unspecified atom stereocenters. The monoisotopic (exact) mass is 574 g/mol. The van der Waals surface area contributed by atoms with Crippen molar-refractivity contribution >= 4 is 13.7 Å². The molecule has 0 bridgehead atoms. The Kier molecular flexibility index (Phi) is 23.0. The number of nitrogens with zero attached hydrogens (tertiary/aromatic N) is 1. The molecule has 0 radical (unpaired) electrons. The maximum Gasteiger partial charge on any atom is 0.268 e. The summed E-state index contributed by atoms with van der Waals surface area (Å²) in [6, 6.07) is -0.881. The standard InChI is InChI=1S/C30H59N2O6P/c1-6-8-10-12-14-15-16-17-18-20-22-24-30(34)31-28(29(33)23-21-19-13-11-9-7-2)27-38-39(35,36)37-26-25-32(3,4)5/h12,14,21,23,28-29,33H,6-11,13,15-20,22,24-27H2,1-5H3,(H-,31,34,35,36)/b14-12-,23-21+. The summed E-state index contributed by atoms with van der Waals surface area (Å²) in [5.41, 5.74) is 0. The highest BCUT2D eigenvalue weighted by Gasteiger charge is 2.23.